The van der Waals surface area contributed by atoms with Crippen LogP contribution in [0.2, 0.25) is 0 Å². The highest BCUT2D eigenvalue weighted by atomic mass is 16.5. The molecule has 0 aromatic heterocycles. The van der Waals surface area contributed by atoms with Crippen LogP contribution in [-0.4, -0.2) is 24.7 Å². The van der Waals surface area contributed by atoms with Crippen LogP contribution in [0.3, 0.4) is 0 Å². The van der Waals surface area contributed by atoms with Crippen molar-refractivity contribution in [2.75, 3.05) is 24.4 Å². The minimum atomic E-state index is -0.280. The molecule has 8 aromatic rings. The molecule has 0 heterocycles. The van der Waals surface area contributed by atoms with Gasteiger partial charge in [0.25, 0.3) is 5.91 Å². The number of anilines is 3. The van der Waals surface area contributed by atoms with Crippen molar-refractivity contribution in [1.82, 2.24) is 0 Å². The molecule has 0 unspecified atom stereocenters. The smallest absolute Gasteiger partial charge is 0.255 e. The lowest BCUT2D eigenvalue weighted by Crippen LogP contribution is -2.11. The van der Waals surface area contributed by atoms with Gasteiger partial charge in [0.15, 0.2) is 5.75 Å². The number of carbonyl (C=O) groups excluding carboxylic acids is 1. The maximum Gasteiger partial charge on any atom is 0.255 e. The lowest BCUT2D eigenvalue weighted by molar-refractivity contribution is 0.102. The number of carbonyl (C=O) groups is 1. The molecule has 12 heteroatoms. The Morgan fingerprint density at radius 2 is 1.20 bits per heavy atom. The zero-order valence-electron chi connectivity index (χ0n) is 36.1. The Morgan fingerprint density at radius 1 is 0.562 bits per heavy atom. The Balaban J connectivity index is 0.904. The van der Waals surface area contributed by atoms with E-state index in [1.807, 2.05) is 142 Å². The largest absolute Gasteiger partial charge is 0.505 e. The molecule has 3 N–H and O–H groups in total. The molecule has 8 rings (SSSR count). The fourth-order valence-corrected chi connectivity index (χ4v) is 7.01. The number of benzene rings is 8. The first-order valence-corrected chi connectivity index (χ1v) is 20.8. The maximum atomic E-state index is 13.3. The monoisotopic (exact) mass is 846 g/mol. The fourth-order valence-electron chi connectivity index (χ4n) is 7.01. The molecule has 64 heavy (non-hydrogen) atoms. The van der Waals surface area contributed by atoms with Crippen LogP contribution in [0.15, 0.2) is 176 Å². The summed E-state index contributed by atoms with van der Waals surface area (Å²) in [5.41, 5.74) is 9.04. The lowest BCUT2D eigenvalue weighted by Gasteiger charge is -2.10. The second kappa shape index (κ2) is 19.2. The van der Waals surface area contributed by atoms with Gasteiger partial charge in [0, 0.05) is 28.0 Å². The number of ether oxygens (including phenoxy) is 2. The van der Waals surface area contributed by atoms with Crippen LogP contribution in [0.25, 0.3) is 21.5 Å². The number of azo groups is 3. The topological polar surface area (TPSA) is 154 Å². The molecule has 0 aliphatic carbocycles. The number of amides is 1. The van der Waals surface area contributed by atoms with Crippen molar-refractivity contribution in [3.05, 3.63) is 168 Å². The van der Waals surface area contributed by atoms with E-state index < -0.39 is 0 Å². The van der Waals surface area contributed by atoms with E-state index in [1.165, 1.54) is 7.11 Å². The van der Waals surface area contributed by atoms with Gasteiger partial charge in [-0.05, 0) is 169 Å². The van der Waals surface area contributed by atoms with Crippen molar-refractivity contribution in [2.24, 2.45) is 30.7 Å². The van der Waals surface area contributed by atoms with Gasteiger partial charge in [-0.25, -0.2) is 0 Å². The third-order valence-corrected chi connectivity index (χ3v) is 10.5. The SMILES string of the molecule is CCCOc1ccc2ccc(NC(=O)c3ccc(N=Nc4ccc(N=Nc5cc(C)c(N=Nc6ccc7cc(Nc8ccccc8)ccc7c6O)cc5C)cc4C)c(OC)c3)cc2c1. The van der Waals surface area contributed by atoms with Crippen LogP contribution in [0, 0.1) is 20.8 Å². The average molecular weight is 847 g/mol. The number of phenolic OH excluding ortho intramolecular Hbond substituents is 1. The molecule has 0 atom stereocenters. The zero-order valence-corrected chi connectivity index (χ0v) is 36.1. The first-order chi connectivity index (χ1) is 31.1. The van der Waals surface area contributed by atoms with Gasteiger partial charge < -0.3 is 25.2 Å². The van der Waals surface area contributed by atoms with E-state index in [4.69, 9.17) is 9.47 Å². The Kier molecular flexibility index (Phi) is 12.7. The number of nitrogens with zero attached hydrogens (tertiary/aromatic N) is 6. The van der Waals surface area contributed by atoms with Crippen LogP contribution >= 0.6 is 0 Å². The van der Waals surface area contributed by atoms with E-state index in [1.54, 1.807) is 24.3 Å². The van der Waals surface area contributed by atoms with Gasteiger partial charge in [-0.3, -0.25) is 4.79 Å². The predicted molar refractivity (Wildman–Crippen MR) is 256 cm³/mol. The van der Waals surface area contributed by atoms with Crippen LogP contribution in [-0.2, 0) is 0 Å². The van der Waals surface area contributed by atoms with Crippen molar-refractivity contribution < 1.29 is 19.4 Å². The molecule has 0 aliphatic heterocycles. The van der Waals surface area contributed by atoms with Gasteiger partial charge in [-0.15, -0.1) is 10.2 Å². The summed E-state index contributed by atoms with van der Waals surface area (Å²) >= 11 is 0. The molecular weight excluding hydrogens is 801 g/mol. The normalized spacial score (nSPS) is 11.6. The highest BCUT2D eigenvalue weighted by molar-refractivity contribution is 6.06. The first-order valence-electron chi connectivity index (χ1n) is 20.8. The molecule has 1 amide bonds. The van der Waals surface area contributed by atoms with E-state index in [2.05, 4.69) is 48.2 Å². The number of hydrogen-bond donors (Lipinski definition) is 3. The molecule has 0 fully saturated rings. The number of para-hydroxylation sites is 1. The summed E-state index contributed by atoms with van der Waals surface area (Å²) in [5, 5.41) is 47.9. The summed E-state index contributed by atoms with van der Waals surface area (Å²) in [5.74, 6) is 0.989. The highest BCUT2D eigenvalue weighted by Gasteiger charge is 2.13. The van der Waals surface area contributed by atoms with Crippen molar-refractivity contribution in [1.29, 1.82) is 0 Å². The van der Waals surface area contributed by atoms with Gasteiger partial charge in [0.2, 0.25) is 0 Å². The predicted octanol–water partition coefficient (Wildman–Crippen LogP) is 15.7. The van der Waals surface area contributed by atoms with E-state index in [9.17, 15) is 9.90 Å². The molecule has 8 aromatic carbocycles. The number of methoxy groups -OCH3 is 1. The molecule has 318 valence electrons. The highest BCUT2D eigenvalue weighted by Crippen LogP contribution is 2.39. The summed E-state index contributed by atoms with van der Waals surface area (Å²) in [6.45, 7) is 8.50. The second-order valence-corrected chi connectivity index (χ2v) is 15.3. The van der Waals surface area contributed by atoms with E-state index in [0.717, 1.165) is 56.4 Å². The minimum absolute atomic E-state index is 0.0659. The van der Waals surface area contributed by atoms with Crippen LogP contribution in [0.1, 0.15) is 40.4 Å². The van der Waals surface area contributed by atoms with Gasteiger partial charge in [0.05, 0.1) is 36.5 Å². The molecule has 0 saturated heterocycles. The lowest BCUT2D eigenvalue weighted by atomic mass is 10.1. The minimum Gasteiger partial charge on any atom is -0.505 e. The van der Waals surface area contributed by atoms with Crippen molar-refractivity contribution >= 4 is 78.6 Å². The van der Waals surface area contributed by atoms with Gasteiger partial charge in [-0.2, -0.15) is 20.5 Å². The number of hydrogen-bond acceptors (Lipinski definition) is 11. The van der Waals surface area contributed by atoms with Crippen LogP contribution in [0.4, 0.5) is 51.2 Å². The number of aryl methyl sites for hydroxylation is 3. The Bertz CT molecular complexity index is 3110. The molecule has 0 radical (unpaired) electrons. The Morgan fingerprint density at radius 3 is 1.97 bits per heavy atom. The summed E-state index contributed by atoms with van der Waals surface area (Å²) < 4.78 is 11.4. The quantitative estimate of drug-likeness (QED) is 0.0930. The zero-order chi connectivity index (χ0) is 44.6. The van der Waals surface area contributed by atoms with Gasteiger partial charge >= 0.3 is 0 Å². The number of phenols is 1. The van der Waals surface area contributed by atoms with Crippen LogP contribution in [0.5, 0.6) is 17.2 Å². The van der Waals surface area contributed by atoms with E-state index >= 15 is 0 Å². The molecule has 0 bridgehead atoms. The van der Waals surface area contributed by atoms with Gasteiger partial charge in [0.1, 0.15) is 22.9 Å². The standard InChI is InChI=1S/C52H46N8O4/c1-6-24-64-43-19-13-35-12-16-41(29-38(35)30-43)54-52(62)37-15-21-46(50(31-37)63-5)57-56-45-23-18-42(25-32(45)2)55-59-48-26-34(4)49(27-33(48)3)60-58-47-22-14-36-28-40(17-20-44(36)51(47)61)53-39-10-8-7-9-11-39/h7-23,25-31,53,61H,6,24H2,1-5H3,(H,54,62). The van der Waals surface area contributed by atoms with Crippen molar-refractivity contribution in [2.45, 2.75) is 34.1 Å². The summed E-state index contributed by atoms with van der Waals surface area (Å²) in [4.78, 5) is 13.3. The molecule has 0 saturated carbocycles. The second-order valence-electron chi connectivity index (χ2n) is 15.3. The molecular formula is C52H46N8O4. The Hall–Kier alpha value is -8.25. The summed E-state index contributed by atoms with van der Waals surface area (Å²) in [6, 6.07) is 45.5. The third-order valence-electron chi connectivity index (χ3n) is 10.5. The summed E-state index contributed by atoms with van der Waals surface area (Å²) in [6.07, 6.45) is 0.923. The third kappa shape index (κ3) is 9.93. The van der Waals surface area contributed by atoms with E-state index in [-0.39, 0.29) is 11.7 Å². The van der Waals surface area contributed by atoms with Gasteiger partial charge in [-0.1, -0.05) is 43.3 Å². The fraction of sp³-hybridized carbons (Fsp3) is 0.135. The number of nitrogens with one attached hydrogen (secondary N) is 2. The number of fused-ring (bicyclic) bond motifs is 2. The molecule has 12 nitrogen and oxygen atoms in total. The van der Waals surface area contributed by atoms with Crippen LogP contribution < -0.4 is 20.1 Å². The summed E-state index contributed by atoms with van der Waals surface area (Å²) in [7, 11) is 1.53. The van der Waals surface area contributed by atoms with E-state index in [0.29, 0.717) is 63.1 Å². The van der Waals surface area contributed by atoms with Crippen molar-refractivity contribution in [3.63, 3.8) is 0 Å². The molecule has 0 spiro atoms. The molecule has 0 aliphatic rings. The first kappa shape index (κ1) is 42.4. The average Bonchev–Trinajstić information content (AvgIpc) is 3.30. The maximum absolute atomic E-state index is 13.3. The van der Waals surface area contributed by atoms with Crippen molar-refractivity contribution in [3.8, 4) is 17.2 Å². The number of rotatable bonds is 14. The number of aromatic hydroxyl groups is 1. The Labute approximate surface area is 371 Å².